The van der Waals surface area contributed by atoms with E-state index in [1.165, 1.54) is 5.56 Å². The Morgan fingerprint density at radius 3 is 2.80 bits per heavy atom. The summed E-state index contributed by atoms with van der Waals surface area (Å²) in [6.45, 7) is 2.06. The Bertz CT molecular complexity index is 601. The summed E-state index contributed by atoms with van der Waals surface area (Å²) in [7, 11) is 0. The number of nitrogens with zero attached hydrogens (tertiary/aromatic N) is 1. The molecule has 20 heavy (non-hydrogen) atoms. The van der Waals surface area contributed by atoms with Crippen LogP contribution >= 0.6 is 0 Å². The number of aromatic nitrogens is 1. The van der Waals surface area contributed by atoms with Crippen molar-refractivity contribution in [1.29, 1.82) is 0 Å². The van der Waals surface area contributed by atoms with Crippen LogP contribution in [0, 0.1) is 0 Å². The van der Waals surface area contributed by atoms with Crippen LogP contribution in [0.25, 0.3) is 0 Å². The molecular formula is C15H17N3O2. The van der Waals surface area contributed by atoms with Crippen LogP contribution in [0.4, 0.5) is 11.5 Å². The Morgan fingerprint density at radius 1 is 1.10 bits per heavy atom. The van der Waals surface area contributed by atoms with E-state index in [9.17, 15) is 0 Å². The number of hydrogen-bond acceptors (Lipinski definition) is 5. The zero-order chi connectivity index (χ0) is 13.8. The van der Waals surface area contributed by atoms with Gasteiger partial charge in [0.15, 0.2) is 11.5 Å². The molecule has 0 saturated heterocycles. The van der Waals surface area contributed by atoms with Crippen molar-refractivity contribution in [3.05, 3.63) is 42.1 Å². The minimum atomic E-state index is 0.523. The summed E-state index contributed by atoms with van der Waals surface area (Å²) in [5, 5.41) is 3.32. The molecule has 2 aromatic rings. The summed E-state index contributed by atoms with van der Waals surface area (Å²) < 4.78 is 11.1. The normalized spacial score (nSPS) is 13.0. The highest BCUT2D eigenvalue weighted by Gasteiger charge is 2.11. The van der Waals surface area contributed by atoms with E-state index in [0.29, 0.717) is 19.0 Å². The molecule has 0 atom stereocenters. The molecule has 1 aliphatic rings. The number of rotatable bonds is 4. The third-order valence-corrected chi connectivity index (χ3v) is 3.13. The molecule has 0 radical (unpaired) electrons. The predicted octanol–water partition coefficient (Wildman–Crippen LogP) is 2.09. The molecule has 104 valence electrons. The van der Waals surface area contributed by atoms with Crippen LogP contribution in [-0.2, 0) is 6.42 Å². The van der Waals surface area contributed by atoms with Gasteiger partial charge in [0.05, 0.1) is 0 Å². The van der Waals surface area contributed by atoms with Gasteiger partial charge in [0.1, 0.15) is 19.0 Å². The second-order valence-corrected chi connectivity index (χ2v) is 4.62. The highest BCUT2D eigenvalue weighted by Crippen LogP contribution is 2.30. The average Bonchev–Trinajstić information content (AvgIpc) is 2.47. The molecule has 1 aromatic carbocycles. The lowest BCUT2D eigenvalue weighted by atomic mass is 10.1. The summed E-state index contributed by atoms with van der Waals surface area (Å²) in [6.07, 6.45) is 2.60. The second kappa shape index (κ2) is 5.69. The van der Waals surface area contributed by atoms with E-state index in [4.69, 9.17) is 15.2 Å². The van der Waals surface area contributed by atoms with Gasteiger partial charge in [0, 0.05) is 24.5 Å². The van der Waals surface area contributed by atoms with Crippen molar-refractivity contribution >= 4 is 11.5 Å². The van der Waals surface area contributed by atoms with Gasteiger partial charge in [-0.3, -0.25) is 0 Å². The monoisotopic (exact) mass is 271 g/mol. The van der Waals surface area contributed by atoms with Gasteiger partial charge in [-0.2, -0.15) is 0 Å². The zero-order valence-corrected chi connectivity index (χ0v) is 11.1. The SMILES string of the molecule is Nc1cc(NCCc2ccc3c(c2)OCCO3)ccn1. The number of hydrogen-bond donors (Lipinski definition) is 2. The van der Waals surface area contributed by atoms with Crippen molar-refractivity contribution < 1.29 is 9.47 Å². The van der Waals surface area contributed by atoms with E-state index in [1.54, 1.807) is 6.20 Å². The smallest absolute Gasteiger partial charge is 0.161 e. The Hall–Kier alpha value is -2.43. The van der Waals surface area contributed by atoms with Crippen LogP contribution in [0.5, 0.6) is 11.5 Å². The van der Waals surface area contributed by atoms with E-state index in [0.717, 1.165) is 30.2 Å². The van der Waals surface area contributed by atoms with Gasteiger partial charge < -0.3 is 20.5 Å². The highest BCUT2D eigenvalue weighted by atomic mass is 16.6. The van der Waals surface area contributed by atoms with Gasteiger partial charge in [0.25, 0.3) is 0 Å². The molecule has 0 bridgehead atoms. The fourth-order valence-electron chi connectivity index (χ4n) is 2.15. The molecule has 2 heterocycles. The fraction of sp³-hybridized carbons (Fsp3) is 0.267. The first kappa shape index (κ1) is 12.6. The molecule has 5 heteroatoms. The van der Waals surface area contributed by atoms with E-state index in [2.05, 4.69) is 16.4 Å². The van der Waals surface area contributed by atoms with Crippen LogP contribution in [0.3, 0.4) is 0 Å². The number of nitrogens with one attached hydrogen (secondary N) is 1. The standard InChI is InChI=1S/C15H17N3O2/c16-15-10-12(4-6-18-15)17-5-3-11-1-2-13-14(9-11)20-8-7-19-13/h1-2,4,6,9-10H,3,5,7-8H2,(H3,16,17,18). The lowest BCUT2D eigenvalue weighted by molar-refractivity contribution is 0.171. The summed E-state index contributed by atoms with van der Waals surface area (Å²) in [5.74, 6) is 2.19. The molecule has 3 rings (SSSR count). The second-order valence-electron chi connectivity index (χ2n) is 4.62. The molecule has 3 N–H and O–H groups in total. The van der Waals surface area contributed by atoms with Crippen LogP contribution in [-0.4, -0.2) is 24.7 Å². The fourth-order valence-corrected chi connectivity index (χ4v) is 2.15. The maximum Gasteiger partial charge on any atom is 0.161 e. The molecule has 0 fully saturated rings. The summed E-state index contributed by atoms with van der Waals surface area (Å²) in [4.78, 5) is 3.96. The topological polar surface area (TPSA) is 69.4 Å². The number of benzene rings is 1. The number of nitrogen functional groups attached to an aromatic ring is 1. The van der Waals surface area contributed by atoms with Crippen molar-refractivity contribution in [1.82, 2.24) is 4.98 Å². The minimum absolute atomic E-state index is 0.523. The van der Waals surface area contributed by atoms with Gasteiger partial charge in [-0.1, -0.05) is 6.07 Å². The summed E-state index contributed by atoms with van der Waals surface area (Å²) in [5.41, 5.74) is 7.83. The number of ether oxygens (including phenoxy) is 2. The van der Waals surface area contributed by atoms with Gasteiger partial charge in [-0.25, -0.2) is 4.98 Å². The largest absolute Gasteiger partial charge is 0.486 e. The molecule has 1 aliphatic heterocycles. The number of pyridine rings is 1. The lowest BCUT2D eigenvalue weighted by Crippen LogP contribution is -2.15. The third kappa shape index (κ3) is 2.93. The molecule has 0 spiro atoms. The zero-order valence-electron chi connectivity index (χ0n) is 11.1. The van der Waals surface area contributed by atoms with E-state index >= 15 is 0 Å². The van der Waals surface area contributed by atoms with Gasteiger partial charge in [-0.05, 0) is 30.2 Å². The first-order chi connectivity index (χ1) is 9.81. The number of nitrogens with two attached hydrogens (primary N) is 1. The first-order valence-corrected chi connectivity index (χ1v) is 6.65. The Labute approximate surface area is 117 Å². The van der Waals surface area contributed by atoms with E-state index < -0.39 is 0 Å². The van der Waals surface area contributed by atoms with Crippen molar-refractivity contribution in [2.24, 2.45) is 0 Å². The molecule has 0 saturated carbocycles. The van der Waals surface area contributed by atoms with Crippen LogP contribution in [0.15, 0.2) is 36.5 Å². The van der Waals surface area contributed by atoms with Gasteiger partial charge in [-0.15, -0.1) is 0 Å². The Balaban J connectivity index is 1.58. The first-order valence-electron chi connectivity index (χ1n) is 6.65. The van der Waals surface area contributed by atoms with Crippen molar-refractivity contribution in [2.45, 2.75) is 6.42 Å². The lowest BCUT2D eigenvalue weighted by Gasteiger charge is -2.19. The van der Waals surface area contributed by atoms with Crippen molar-refractivity contribution in [3.8, 4) is 11.5 Å². The molecule has 0 unspecified atom stereocenters. The van der Waals surface area contributed by atoms with Crippen LogP contribution < -0.4 is 20.5 Å². The third-order valence-electron chi connectivity index (χ3n) is 3.13. The number of anilines is 2. The minimum Gasteiger partial charge on any atom is -0.486 e. The maximum absolute atomic E-state index is 5.64. The molecular weight excluding hydrogens is 254 g/mol. The molecule has 1 aromatic heterocycles. The van der Waals surface area contributed by atoms with Crippen LogP contribution in [0.2, 0.25) is 0 Å². The summed E-state index contributed by atoms with van der Waals surface area (Å²) >= 11 is 0. The maximum atomic E-state index is 5.64. The molecule has 5 nitrogen and oxygen atoms in total. The van der Waals surface area contributed by atoms with Crippen LogP contribution in [0.1, 0.15) is 5.56 Å². The van der Waals surface area contributed by atoms with E-state index in [1.807, 2.05) is 24.3 Å². The Morgan fingerprint density at radius 2 is 1.95 bits per heavy atom. The predicted molar refractivity (Wildman–Crippen MR) is 78.3 cm³/mol. The molecule has 0 amide bonds. The molecule has 0 aliphatic carbocycles. The Kier molecular flexibility index (Phi) is 3.58. The quantitative estimate of drug-likeness (QED) is 0.891. The highest BCUT2D eigenvalue weighted by molar-refractivity contribution is 5.50. The summed E-state index contributed by atoms with van der Waals surface area (Å²) in [6, 6.07) is 9.80. The van der Waals surface area contributed by atoms with Gasteiger partial charge in [0.2, 0.25) is 0 Å². The number of fused-ring (bicyclic) bond motifs is 1. The average molecular weight is 271 g/mol. The van der Waals surface area contributed by atoms with Crippen molar-refractivity contribution in [2.75, 3.05) is 30.8 Å². The van der Waals surface area contributed by atoms with Crippen molar-refractivity contribution in [3.63, 3.8) is 0 Å². The van der Waals surface area contributed by atoms with Gasteiger partial charge >= 0.3 is 0 Å². The van der Waals surface area contributed by atoms with E-state index in [-0.39, 0.29) is 0 Å².